The molecule has 0 radical (unpaired) electrons. The Bertz CT molecular complexity index is 1910. The van der Waals surface area contributed by atoms with Gasteiger partial charge in [0.05, 0.1) is 24.2 Å². The molecule has 6 rings (SSSR count). The molecular weight excluding hydrogens is 638 g/mol. The normalized spacial score (nSPS) is 11.5. The summed E-state index contributed by atoms with van der Waals surface area (Å²) in [5.41, 5.74) is 2.65. The molecule has 0 amide bonds. The molecule has 0 bridgehead atoms. The van der Waals surface area contributed by atoms with Gasteiger partial charge >= 0.3 is 0 Å². The van der Waals surface area contributed by atoms with E-state index in [2.05, 4.69) is 37.0 Å². The summed E-state index contributed by atoms with van der Waals surface area (Å²) in [6, 6.07) is 28.2. The Morgan fingerprint density at radius 3 is 2.52 bits per heavy atom. The van der Waals surface area contributed by atoms with Gasteiger partial charge < -0.3 is 13.9 Å². The molecule has 7 nitrogen and oxygen atoms in total. The van der Waals surface area contributed by atoms with Crippen LogP contribution in [0.5, 0.6) is 11.5 Å². The SMILES string of the molecule is COc1cc(C=Nn2c(-c3cc4ccccc4o3)nc3ccccc3c2=O)c(Br)cc1OCc1ccc(Br)cc1. The first-order valence-corrected chi connectivity index (χ1v) is 13.9. The zero-order chi connectivity index (χ0) is 27.6. The third-order valence-electron chi connectivity index (χ3n) is 6.30. The number of nitrogens with zero attached hydrogens (tertiary/aromatic N) is 3. The topological polar surface area (TPSA) is 78.9 Å². The molecule has 9 heteroatoms. The Hall–Kier alpha value is -4.21. The lowest BCUT2D eigenvalue weighted by Gasteiger charge is -2.13. The molecule has 6 aromatic rings. The lowest BCUT2D eigenvalue weighted by atomic mass is 10.2. The summed E-state index contributed by atoms with van der Waals surface area (Å²) in [5, 5.41) is 5.92. The predicted molar refractivity (Wildman–Crippen MR) is 163 cm³/mol. The van der Waals surface area contributed by atoms with Crippen molar-refractivity contribution < 1.29 is 13.9 Å². The standard InChI is InChI=1S/C31H21Br2N3O4/c1-38-27-15-21(24(33)16-28(27)39-18-19-10-12-22(32)13-11-19)17-34-36-30(29-14-20-6-2-5-9-26(20)40-29)35-25-8-4-3-7-23(25)31(36)37/h2-17H,18H2,1H3. The van der Waals surface area contributed by atoms with E-state index >= 15 is 0 Å². The molecule has 2 aromatic heterocycles. The van der Waals surface area contributed by atoms with Gasteiger partial charge in [-0.05, 0) is 70.0 Å². The minimum absolute atomic E-state index is 0.300. The summed E-state index contributed by atoms with van der Waals surface area (Å²) in [6.45, 7) is 0.378. The highest BCUT2D eigenvalue weighted by molar-refractivity contribution is 9.10. The van der Waals surface area contributed by atoms with Gasteiger partial charge in [0.1, 0.15) is 12.2 Å². The first-order chi connectivity index (χ1) is 19.5. The van der Waals surface area contributed by atoms with E-state index in [1.807, 2.05) is 66.7 Å². The second-order valence-corrected chi connectivity index (χ2v) is 10.7. The third kappa shape index (κ3) is 5.17. The van der Waals surface area contributed by atoms with Crippen molar-refractivity contribution in [2.45, 2.75) is 6.61 Å². The van der Waals surface area contributed by atoms with Crippen molar-refractivity contribution in [3.63, 3.8) is 0 Å². The summed E-state index contributed by atoms with van der Waals surface area (Å²) < 4.78 is 20.7. The molecule has 0 unspecified atom stereocenters. The number of ether oxygens (including phenoxy) is 2. The molecule has 0 spiro atoms. The molecule has 0 fully saturated rings. The minimum Gasteiger partial charge on any atom is -0.493 e. The fourth-order valence-electron chi connectivity index (χ4n) is 4.27. The molecule has 0 aliphatic carbocycles. The molecule has 40 heavy (non-hydrogen) atoms. The monoisotopic (exact) mass is 657 g/mol. The van der Waals surface area contributed by atoms with Crippen molar-refractivity contribution in [1.29, 1.82) is 0 Å². The van der Waals surface area contributed by atoms with Crippen LogP contribution in [0.25, 0.3) is 33.5 Å². The average molecular weight is 659 g/mol. The molecule has 0 saturated carbocycles. The van der Waals surface area contributed by atoms with Crippen molar-refractivity contribution >= 4 is 59.9 Å². The zero-order valence-electron chi connectivity index (χ0n) is 21.2. The molecule has 4 aromatic carbocycles. The van der Waals surface area contributed by atoms with Crippen molar-refractivity contribution in [3.8, 4) is 23.1 Å². The van der Waals surface area contributed by atoms with E-state index in [1.165, 1.54) is 4.68 Å². The van der Waals surface area contributed by atoms with E-state index in [0.29, 0.717) is 51.7 Å². The second-order valence-electron chi connectivity index (χ2n) is 8.90. The quantitative estimate of drug-likeness (QED) is 0.164. The predicted octanol–water partition coefficient (Wildman–Crippen LogP) is 7.80. The van der Waals surface area contributed by atoms with Gasteiger partial charge in [-0.25, -0.2) is 4.98 Å². The largest absolute Gasteiger partial charge is 0.493 e. The van der Waals surface area contributed by atoms with Crippen LogP contribution < -0.4 is 15.0 Å². The number of benzene rings is 4. The van der Waals surface area contributed by atoms with Crippen LogP contribution >= 0.6 is 31.9 Å². The van der Waals surface area contributed by atoms with Crippen LogP contribution in [-0.2, 0) is 6.61 Å². The van der Waals surface area contributed by atoms with Crippen molar-refractivity contribution in [1.82, 2.24) is 9.66 Å². The van der Waals surface area contributed by atoms with Gasteiger partial charge in [-0.2, -0.15) is 9.78 Å². The van der Waals surface area contributed by atoms with Gasteiger partial charge in [0.2, 0.25) is 5.82 Å². The smallest absolute Gasteiger partial charge is 0.282 e. The number of hydrogen-bond donors (Lipinski definition) is 0. The molecule has 0 aliphatic heterocycles. The highest BCUT2D eigenvalue weighted by Gasteiger charge is 2.17. The molecule has 198 valence electrons. The molecule has 0 N–H and O–H groups in total. The Kier molecular flexibility index (Phi) is 7.23. The number of furan rings is 1. The Morgan fingerprint density at radius 2 is 1.73 bits per heavy atom. The van der Waals surface area contributed by atoms with Gasteiger partial charge in [0.15, 0.2) is 17.3 Å². The number of para-hydroxylation sites is 2. The van der Waals surface area contributed by atoms with Gasteiger partial charge in [0, 0.05) is 19.9 Å². The highest BCUT2D eigenvalue weighted by atomic mass is 79.9. The Morgan fingerprint density at radius 1 is 0.950 bits per heavy atom. The molecular formula is C31H21Br2N3O4. The summed E-state index contributed by atoms with van der Waals surface area (Å²) in [7, 11) is 1.58. The molecule has 0 atom stereocenters. The molecule has 2 heterocycles. The number of aromatic nitrogens is 2. The third-order valence-corrected chi connectivity index (χ3v) is 7.52. The van der Waals surface area contributed by atoms with Crippen LogP contribution in [-0.4, -0.2) is 23.0 Å². The zero-order valence-corrected chi connectivity index (χ0v) is 24.3. The molecule has 0 aliphatic rings. The van der Waals surface area contributed by atoms with Gasteiger partial charge in [-0.15, -0.1) is 0 Å². The number of rotatable bonds is 7. The van der Waals surface area contributed by atoms with E-state index < -0.39 is 0 Å². The van der Waals surface area contributed by atoms with E-state index in [1.54, 1.807) is 37.6 Å². The number of halogens is 2. The fourth-order valence-corrected chi connectivity index (χ4v) is 4.96. The van der Waals surface area contributed by atoms with Crippen molar-refractivity contribution in [2.24, 2.45) is 5.10 Å². The Balaban J connectivity index is 1.39. The highest BCUT2D eigenvalue weighted by Crippen LogP contribution is 2.34. The fraction of sp³-hybridized carbons (Fsp3) is 0.0645. The van der Waals surface area contributed by atoms with Crippen LogP contribution in [0.2, 0.25) is 0 Å². The van der Waals surface area contributed by atoms with Crippen LogP contribution in [0.3, 0.4) is 0 Å². The van der Waals surface area contributed by atoms with Crippen molar-refractivity contribution in [2.75, 3.05) is 7.11 Å². The summed E-state index contributed by atoms with van der Waals surface area (Å²) in [6.07, 6.45) is 1.58. The Labute approximate surface area is 245 Å². The van der Waals surface area contributed by atoms with Crippen LogP contribution in [0.4, 0.5) is 0 Å². The number of fused-ring (bicyclic) bond motifs is 2. The average Bonchev–Trinajstić information content (AvgIpc) is 3.41. The maximum absolute atomic E-state index is 13.6. The lowest BCUT2D eigenvalue weighted by Crippen LogP contribution is -2.20. The van der Waals surface area contributed by atoms with E-state index in [4.69, 9.17) is 18.9 Å². The maximum atomic E-state index is 13.6. The first kappa shape index (κ1) is 26.0. The van der Waals surface area contributed by atoms with E-state index in [0.717, 1.165) is 19.9 Å². The van der Waals surface area contributed by atoms with Crippen LogP contribution in [0, 0.1) is 0 Å². The van der Waals surface area contributed by atoms with Crippen molar-refractivity contribution in [3.05, 3.63) is 121 Å². The summed E-state index contributed by atoms with van der Waals surface area (Å²) in [4.78, 5) is 18.3. The summed E-state index contributed by atoms with van der Waals surface area (Å²) >= 11 is 7.06. The van der Waals surface area contributed by atoms with E-state index in [9.17, 15) is 4.79 Å². The summed E-state index contributed by atoms with van der Waals surface area (Å²) in [5.74, 6) is 1.84. The molecule has 0 saturated heterocycles. The lowest BCUT2D eigenvalue weighted by molar-refractivity contribution is 0.284. The van der Waals surface area contributed by atoms with Crippen LogP contribution in [0.1, 0.15) is 11.1 Å². The number of hydrogen-bond acceptors (Lipinski definition) is 6. The number of methoxy groups -OCH3 is 1. The van der Waals surface area contributed by atoms with E-state index in [-0.39, 0.29) is 5.56 Å². The first-order valence-electron chi connectivity index (χ1n) is 12.3. The van der Waals surface area contributed by atoms with Gasteiger partial charge in [0.25, 0.3) is 5.56 Å². The van der Waals surface area contributed by atoms with Gasteiger partial charge in [-0.3, -0.25) is 4.79 Å². The minimum atomic E-state index is -0.310. The van der Waals surface area contributed by atoms with Gasteiger partial charge in [-0.1, -0.05) is 58.4 Å². The maximum Gasteiger partial charge on any atom is 0.282 e. The second kappa shape index (κ2) is 11.1. The van der Waals surface area contributed by atoms with Crippen LogP contribution in [0.15, 0.2) is 114 Å².